The minimum absolute atomic E-state index is 0.0372. The summed E-state index contributed by atoms with van der Waals surface area (Å²) in [5, 5.41) is 14.0. The average Bonchev–Trinajstić information content (AvgIpc) is 3.06. The number of nitrogens with one attached hydrogen (secondary N) is 2. The van der Waals surface area contributed by atoms with E-state index in [1.54, 1.807) is 6.92 Å². The second-order valence-corrected chi connectivity index (χ2v) is 7.38. The highest BCUT2D eigenvalue weighted by atomic mass is 16.5. The van der Waals surface area contributed by atoms with Crippen LogP contribution in [-0.4, -0.2) is 42.3 Å². The van der Waals surface area contributed by atoms with Crippen LogP contribution in [0.25, 0.3) is 11.1 Å². The first-order valence-corrected chi connectivity index (χ1v) is 10.0. The van der Waals surface area contributed by atoms with E-state index in [1.807, 2.05) is 36.4 Å². The van der Waals surface area contributed by atoms with Crippen LogP contribution in [0.5, 0.6) is 0 Å². The van der Waals surface area contributed by atoms with Crippen molar-refractivity contribution in [3.05, 3.63) is 59.7 Å². The monoisotopic (exact) mass is 410 g/mol. The summed E-state index contributed by atoms with van der Waals surface area (Å²) >= 11 is 0. The number of hydrogen-bond donors (Lipinski definition) is 3. The number of fused-ring (bicyclic) bond motifs is 3. The van der Waals surface area contributed by atoms with Crippen molar-refractivity contribution in [1.82, 2.24) is 10.6 Å². The van der Waals surface area contributed by atoms with Crippen molar-refractivity contribution in [2.75, 3.05) is 13.2 Å². The number of aliphatic carboxylic acids is 1. The molecule has 0 aromatic heterocycles. The highest BCUT2D eigenvalue weighted by molar-refractivity contribution is 5.85. The van der Waals surface area contributed by atoms with Gasteiger partial charge in [0.2, 0.25) is 5.91 Å². The Bertz CT molecular complexity index is 897. The topological polar surface area (TPSA) is 105 Å². The Labute approximate surface area is 175 Å². The zero-order chi connectivity index (χ0) is 21.7. The number of benzene rings is 2. The number of rotatable bonds is 8. The minimum atomic E-state index is -1.11. The first kappa shape index (κ1) is 21.4. The number of carbonyl (C=O) groups excluding carboxylic acids is 2. The van der Waals surface area contributed by atoms with Gasteiger partial charge in [-0.1, -0.05) is 55.5 Å². The van der Waals surface area contributed by atoms with Crippen LogP contribution in [0.4, 0.5) is 4.79 Å². The van der Waals surface area contributed by atoms with E-state index in [-0.39, 0.29) is 19.1 Å². The van der Waals surface area contributed by atoms with Gasteiger partial charge in [-0.25, -0.2) is 4.79 Å². The summed E-state index contributed by atoms with van der Waals surface area (Å²) in [6.07, 6.45) is -0.142. The van der Waals surface area contributed by atoms with E-state index in [0.29, 0.717) is 6.42 Å². The predicted octanol–water partition coefficient (Wildman–Crippen LogP) is 3.14. The Morgan fingerprint density at radius 1 is 1.03 bits per heavy atom. The van der Waals surface area contributed by atoms with E-state index in [1.165, 1.54) is 6.92 Å². The molecule has 2 aromatic carbocycles. The molecule has 0 spiro atoms. The lowest BCUT2D eigenvalue weighted by Crippen LogP contribution is -2.44. The molecular formula is C23H26N2O5. The quantitative estimate of drug-likeness (QED) is 0.620. The Hall–Kier alpha value is -3.35. The van der Waals surface area contributed by atoms with Gasteiger partial charge in [0.15, 0.2) is 0 Å². The summed E-state index contributed by atoms with van der Waals surface area (Å²) < 4.78 is 5.46. The maximum absolute atomic E-state index is 12.2. The molecule has 30 heavy (non-hydrogen) atoms. The summed E-state index contributed by atoms with van der Waals surface area (Å²) in [7, 11) is 0. The second kappa shape index (κ2) is 9.43. The molecule has 1 aliphatic rings. The van der Waals surface area contributed by atoms with Crippen molar-refractivity contribution >= 4 is 18.0 Å². The molecule has 2 amide bonds. The van der Waals surface area contributed by atoms with E-state index in [2.05, 4.69) is 22.8 Å². The summed E-state index contributed by atoms with van der Waals surface area (Å²) in [4.78, 5) is 35.3. The zero-order valence-electron chi connectivity index (χ0n) is 17.1. The molecule has 1 unspecified atom stereocenters. The third-order valence-electron chi connectivity index (χ3n) is 5.43. The van der Waals surface area contributed by atoms with Gasteiger partial charge >= 0.3 is 12.1 Å². The van der Waals surface area contributed by atoms with E-state index in [0.717, 1.165) is 22.3 Å². The highest BCUT2D eigenvalue weighted by Gasteiger charge is 2.29. The van der Waals surface area contributed by atoms with Crippen molar-refractivity contribution < 1.29 is 24.2 Å². The van der Waals surface area contributed by atoms with Crippen LogP contribution in [0.3, 0.4) is 0 Å². The smallest absolute Gasteiger partial charge is 0.407 e. The third kappa shape index (κ3) is 4.62. The minimum Gasteiger partial charge on any atom is -0.480 e. The third-order valence-corrected chi connectivity index (χ3v) is 5.43. The van der Waals surface area contributed by atoms with E-state index >= 15 is 0 Å². The van der Waals surface area contributed by atoms with Crippen LogP contribution >= 0.6 is 0 Å². The molecule has 2 aromatic rings. The molecule has 0 heterocycles. The summed E-state index contributed by atoms with van der Waals surface area (Å²) in [6.45, 7) is 3.46. The largest absolute Gasteiger partial charge is 0.480 e. The number of alkyl carbamates (subject to hydrolysis) is 1. The van der Waals surface area contributed by atoms with Crippen LogP contribution < -0.4 is 10.6 Å². The average molecular weight is 410 g/mol. The number of ether oxygens (including phenoxy) is 1. The van der Waals surface area contributed by atoms with Crippen LogP contribution in [0.2, 0.25) is 0 Å². The van der Waals surface area contributed by atoms with Crippen molar-refractivity contribution in [1.29, 1.82) is 0 Å². The van der Waals surface area contributed by atoms with Crippen molar-refractivity contribution in [2.24, 2.45) is 5.92 Å². The molecule has 2 atom stereocenters. The SMILES string of the molecule is CCC(CNC(=O)OCC1c2ccccc2-c2ccccc21)C(=O)N[C@@H](C)C(=O)O. The van der Waals surface area contributed by atoms with Gasteiger partial charge in [0.05, 0.1) is 5.92 Å². The van der Waals surface area contributed by atoms with Gasteiger partial charge in [-0.2, -0.15) is 0 Å². The summed E-state index contributed by atoms with van der Waals surface area (Å²) in [6, 6.07) is 15.2. The molecule has 0 saturated heterocycles. The van der Waals surface area contributed by atoms with Gasteiger partial charge in [-0.15, -0.1) is 0 Å². The Kier molecular flexibility index (Phi) is 6.72. The normalized spacial score (nSPS) is 14.2. The Morgan fingerprint density at radius 2 is 1.60 bits per heavy atom. The fourth-order valence-electron chi connectivity index (χ4n) is 3.67. The van der Waals surface area contributed by atoms with Gasteiger partial charge in [-0.3, -0.25) is 9.59 Å². The summed E-state index contributed by atoms with van der Waals surface area (Å²) in [5.74, 6) is -2.09. The van der Waals surface area contributed by atoms with Crippen molar-refractivity contribution in [3.8, 4) is 11.1 Å². The molecule has 0 bridgehead atoms. The fourth-order valence-corrected chi connectivity index (χ4v) is 3.67. The van der Waals surface area contributed by atoms with E-state index < -0.39 is 29.9 Å². The molecular weight excluding hydrogens is 384 g/mol. The van der Waals surface area contributed by atoms with Gasteiger partial charge in [0.1, 0.15) is 12.6 Å². The molecule has 7 heteroatoms. The highest BCUT2D eigenvalue weighted by Crippen LogP contribution is 2.44. The first-order chi connectivity index (χ1) is 14.4. The Morgan fingerprint density at radius 3 is 2.13 bits per heavy atom. The lowest BCUT2D eigenvalue weighted by atomic mass is 9.98. The van der Waals surface area contributed by atoms with Crippen LogP contribution in [-0.2, 0) is 14.3 Å². The number of carboxylic acid groups (broad SMARTS) is 1. The number of carbonyl (C=O) groups is 3. The van der Waals surface area contributed by atoms with Gasteiger partial charge in [0.25, 0.3) is 0 Å². The molecule has 0 fully saturated rings. The molecule has 0 radical (unpaired) electrons. The van der Waals surface area contributed by atoms with E-state index in [9.17, 15) is 14.4 Å². The molecule has 1 aliphatic carbocycles. The van der Waals surface area contributed by atoms with Gasteiger partial charge in [-0.05, 0) is 35.6 Å². The molecule has 3 N–H and O–H groups in total. The molecule has 3 rings (SSSR count). The molecule has 158 valence electrons. The van der Waals surface area contributed by atoms with E-state index in [4.69, 9.17) is 9.84 Å². The zero-order valence-corrected chi connectivity index (χ0v) is 17.1. The maximum Gasteiger partial charge on any atom is 0.407 e. The molecule has 7 nitrogen and oxygen atoms in total. The number of amides is 2. The lowest BCUT2D eigenvalue weighted by Gasteiger charge is -2.18. The standard InChI is InChI=1S/C23H26N2O5/c1-3-15(21(26)25-14(2)22(27)28)12-24-23(29)30-13-20-18-10-6-4-8-16(18)17-9-5-7-11-19(17)20/h4-11,14-15,20H,3,12-13H2,1-2H3,(H,24,29)(H,25,26)(H,27,28)/t14-,15?/m0/s1. The predicted molar refractivity (Wildman–Crippen MR) is 112 cm³/mol. The fraction of sp³-hybridized carbons (Fsp3) is 0.348. The van der Waals surface area contributed by atoms with Gasteiger partial charge < -0.3 is 20.5 Å². The van der Waals surface area contributed by atoms with Crippen molar-refractivity contribution in [3.63, 3.8) is 0 Å². The van der Waals surface area contributed by atoms with Crippen LogP contribution in [0.15, 0.2) is 48.5 Å². The Balaban J connectivity index is 1.56. The van der Waals surface area contributed by atoms with Crippen LogP contribution in [0, 0.1) is 5.92 Å². The van der Waals surface area contributed by atoms with Crippen molar-refractivity contribution in [2.45, 2.75) is 32.2 Å². The number of hydrogen-bond acceptors (Lipinski definition) is 4. The van der Waals surface area contributed by atoms with Crippen LogP contribution in [0.1, 0.15) is 37.3 Å². The summed E-state index contributed by atoms with van der Waals surface area (Å²) in [5.41, 5.74) is 4.55. The molecule has 0 saturated carbocycles. The number of carboxylic acids is 1. The first-order valence-electron chi connectivity index (χ1n) is 10.0. The second-order valence-electron chi connectivity index (χ2n) is 7.38. The maximum atomic E-state index is 12.2. The molecule has 0 aliphatic heterocycles. The van der Waals surface area contributed by atoms with Gasteiger partial charge in [0, 0.05) is 12.5 Å². The lowest BCUT2D eigenvalue weighted by molar-refractivity contribution is -0.141.